The molecule has 0 radical (unpaired) electrons. The molecular weight excluding hydrogens is 330 g/mol. The van der Waals surface area contributed by atoms with Gasteiger partial charge in [0, 0.05) is 29.4 Å². The Kier molecular flexibility index (Phi) is 4.76. The van der Waals surface area contributed by atoms with Crippen LogP contribution in [0, 0.1) is 11.3 Å². The zero-order valence-electron chi connectivity index (χ0n) is 14.9. The van der Waals surface area contributed by atoms with Gasteiger partial charge in [-0.1, -0.05) is 0 Å². The molecule has 3 rings (SSSR count). The van der Waals surface area contributed by atoms with Crippen LogP contribution in [0.2, 0.25) is 0 Å². The Labute approximate surface area is 151 Å². The summed E-state index contributed by atoms with van der Waals surface area (Å²) in [6.45, 7) is 2.73. The summed E-state index contributed by atoms with van der Waals surface area (Å²) in [5, 5.41) is 13.8. The SMILES string of the molecule is CCn1cc(-c2cc(-c3cc(OC)ccc3OC)nc(N)c2C#N)cn1. The predicted molar refractivity (Wildman–Crippen MR) is 98.8 cm³/mol. The highest BCUT2D eigenvalue weighted by atomic mass is 16.5. The van der Waals surface area contributed by atoms with Crippen molar-refractivity contribution in [2.45, 2.75) is 13.5 Å². The third-order valence-electron chi connectivity index (χ3n) is 4.11. The van der Waals surface area contributed by atoms with Crippen LogP contribution in [0.4, 0.5) is 5.82 Å². The quantitative estimate of drug-likeness (QED) is 0.760. The van der Waals surface area contributed by atoms with Gasteiger partial charge in [0.15, 0.2) is 0 Å². The van der Waals surface area contributed by atoms with Gasteiger partial charge in [-0.15, -0.1) is 0 Å². The maximum absolute atomic E-state index is 9.53. The molecule has 0 saturated carbocycles. The third-order valence-corrected chi connectivity index (χ3v) is 4.11. The topological polar surface area (TPSA) is 99.0 Å². The molecule has 26 heavy (non-hydrogen) atoms. The molecule has 7 nitrogen and oxygen atoms in total. The summed E-state index contributed by atoms with van der Waals surface area (Å²) in [7, 11) is 3.18. The number of methoxy groups -OCH3 is 2. The molecule has 7 heteroatoms. The van der Waals surface area contributed by atoms with E-state index in [4.69, 9.17) is 15.2 Å². The lowest BCUT2D eigenvalue weighted by Crippen LogP contribution is -2.00. The fraction of sp³-hybridized carbons (Fsp3) is 0.211. The van der Waals surface area contributed by atoms with Gasteiger partial charge >= 0.3 is 0 Å². The summed E-state index contributed by atoms with van der Waals surface area (Å²) in [5.41, 5.74) is 9.21. The van der Waals surface area contributed by atoms with Crippen LogP contribution in [0.5, 0.6) is 11.5 Å². The first-order valence-electron chi connectivity index (χ1n) is 8.07. The lowest BCUT2D eigenvalue weighted by atomic mass is 10.0. The smallest absolute Gasteiger partial charge is 0.142 e. The number of ether oxygens (including phenoxy) is 2. The average Bonchev–Trinajstić information content (AvgIpc) is 3.15. The van der Waals surface area contributed by atoms with Crippen LogP contribution in [0.25, 0.3) is 22.4 Å². The first kappa shape index (κ1) is 17.3. The van der Waals surface area contributed by atoms with Crippen LogP contribution in [0.1, 0.15) is 12.5 Å². The molecule has 132 valence electrons. The number of nitrogens with zero attached hydrogens (tertiary/aromatic N) is 4. The van der Waals surface area contributed by atoms with E-state index in [0.717, 1.165) is 17.7 Å². The van der Waals surface area contributed by atoms with Crippen LogP contribution < -0.4 is 15.2 Å². The highest BCUT2D eigenvalue weighted by molar-refractivity contribution is 5.81. The molecule has 0 bridgehead atoms. The van der Waals surface area contributed by atoms with Crippen LogP contribution in [-0.4, -0.2) is 29.0 Å². The molecule has 0 amide bonds. The number of nitriles is 1. The van der Waals surface area contributed by atoms with Crippen molar-refractivity contribution in [2.24, 2.45) is 0 Å². The molecule has 0 aliphatic rings. The number of benzene rings is 1. The van der Waals surface area contributed by atoms with E-state index in [9.17, 15) is 5.26 Å². The number of nitrogens with two attached hydrogens (primary N) is 1. The van der Waals surface area contributed by atoms with E-state index in [0.29, 0.717) is 28.3 Å². The van der Waals surface area contributed by atoms with Crippen molar-refractivity contribution in [3.63, 3.8) is 0 Å². The van der Waals surface area contributed by atoms with Crippen LogP contribution in [-0.2, 0) is 6.54 Å². The number of anilines is 1. The number of aromatic nitrogens is 3. The summed E-state index contributed by atoms with van der Waals surface area (Å²) < 4.78 is 12.5. The number of nitrogen functional groups attached to an aromatic ring is 1. The van der Waals surface area contributed by atoms with Crippen molar-refractivity contribution in [2.75, 3.05) is 20.0 Å². The highest BCUT2D eigenvalue weighted by Crippen LogP contribution is 2.36. The molecule has 2 heterocycles. The maximum atomic E-state index is 9.53. The summed E-state index contributed by atoms with van der Waals surface area (Å²) in [5.74, 6) is 1.47. The monoisotopic (exact) mass is 349 g/mol. The number of pyridine rings is 1. The lowest BCUT2D eigenvalue weighted by Gasteiger charge is -2.13. The normalized spacial score (nSPS) is 10.4. The first-order chi connectivity index (χ1) is 12.6. The minimum absolute atomic E-state index is 0.161. The van der Waals surface area contributed by atoms with E-state index >= 15 is 0 Å². The van der Waals surface area contributed by atoms with Crippen molar-refractivity contribution in [1.82, 2.24) is 14.8 Å². The fourth-order valence-corrected chi connectivity index (χ4v) is 2.74. The molecule has 0 unspecified atom stereocenters. The van der Waals surface area contributed by atoms with E-state index in [1.165, 1.54) is 0 Å². The number of hydrogen-bond acceptors (Lipinski definition) is 6. The Morgan fingerprint density at radius 1 is 1.19 bits per heavy atom. The molecule has 1 aromatic carbocycles. The van der Waals surface area contributed by atoms with Gasteiger partial charge < -0.3 is 15.2 Å². The lowest BCUT2D eigenvalue weighted by molar-refractivity contribution is 0.404. The molecular formula is C19H19N5O2. The van der Waals surface area contributed by atoms with Crippen LogP contribution in [0.3, 0.4) is 0 Å². The van der Waals surface area contributed by atoms with E-state index in [1.54, 1.807) is 31.2 Å². The zero-order chi connectivity index (χ0) is 18.7. The molecule has 0 fully saturated rings. The minimum Gasteiger partial charge on any atom is -0.497 e. The molecule has 2 aromatic heterocycles. The third kappa shape index (κ3) is 3.05. The van der Waals surface area contributed by atoms with Crippen LogP contribution in [0.15, 0.2) is 36.7 Å². The Balaban J connectivity index is 2.23. The summed E-state index contributed by atoms with van der Waals surface area (Å²) in [6, 6.07) is 9.40. The van der Waals surface area contributed by atoms with Crippen molar-refractivity contribution in [1.29, 1.82) is 5.26 Å². The molecule has 0 aliphatic heterocycles. The van der Waals surface area contributed by atoms with Crippen molar-refractivity contribution < 1.29 is 9.47 Å². The maximum Gasteiger partial charge on any atom is 0.142 e. The van der Waals surface area contributed by atoms with E-state index < -0.39 is 0 Å². The average molecular weight is 349 g/mol. The Bertz CT molecular complexity index is 988. The Hall–Kier alpha value is -3.53. The predicted octanol–water partition coefficient (Wildman–Crippen LogP) is 3.10. The number of rotatable bonds is 5. The molecule has 0 spiro atoms. The van der Waals surface area contributed by atoms with Gasteiger partial charge in [-0.3, -0.25) is 4.68 Å². The van der Waals surface area contributed by atoms with Gasteiger partial charge in [0.2, 0.25) is 0 Å². The van der Waals surface area contributed by atoms with Gasteiger partial charge in [0.05, 0.1) is 26.1 Å². The fourth-order valence-electron chi connectivity index (χ4n) is 2.74. The molecule has 0 saturated heterocycles. The number of hydrogen-bond donors (Lipinski definition) is 1. The molecule has 0 atom stereocenters. The van der Waals surface area contributed by atoms with Crippen LogP contribution >= 0.6 is 0 Å². The molecule has 2 N–H and O–H groups in total. The molecule has 0 aliphatic carbocycles. The van der Waals surface area contributed by atoms with E-state index in [2.05, 4.69) is 16.2 Å². The van der Waals surface area contributed by atoms with Gasteiger partial charge in [0.1, 0.15) is 28.9 Å². The largest absolute Gasteiger partial charge is 0.497 e. The van der Waals surface area contributed by atoms with Gasteiger partial charge in [-0.25, -0.2) is 4.98 Å². The highest BCUT2D eigenvalue weighted by Gasteiger charge is 2.17. The second kappa shape index (κ2) is 7.15. The Morgan fingerprint density at radius 2 is 2.00 bits per heavy atom. The second-order valence-electron chi connectivity index (χ2n) is 5.58. The minimum atomic E-state index is 0.161. The molecule has 3 aromatic rings. The van der Waals surface area contributed by atoms with Gasteiger partial charge in [-0.05, 0) is 31.2 Å². The summed E-state index contributed by atoms with van der Waals surface area (Å²) >= 11 is 0. The van der Waals surface area contributed by atoms with Gasteiger partial charge in [0.25, 0.3) is 0 Å². The summed E-state index contributed by atoms with van der Waals surface area (Å²) in [6.07, 6.45) is 3.59. The van der Waals surface area contributed by atoms with E-state index in [-0.39, 0.29) is 5.82 Å². The van der Waals surface area contributed by atoms with Crippen molar-refractivity contribution in [3.8, 4) is 40.0 Å². The first-order valence-corrected chi connectivity index (χ1v) is 8.07. The van der Waals surface area contributed by atoms with Gasteiger partial charge in [-0.2, -0.15) is 10.4 Å². The van der Waals surface area contributed by atoms with Crippen molar-refractivity contribution in [3.05, 3.63) is 42.2 Å². The zero-order valence-corrected chi connectivity index (χ0v) is 14.9. The van der Waals surface area contributed by atoms with Crippen molar-refractivity contribution >= 4 is 5.82 Å². The standard InChI is InChI=1S/C19H19N5O2/c1-4-24-11-12(10-22-24)14-8-17(23-19(21)16(14)9-20)15-7-13(25-2)5-6-18(15)26-3/h5-8,10-11H,4H2,1-3H3,(H2,21,23). The Morgan fingerprint density at radius 3 is 2.62 bits per heavy atom. The second-order valence-corrected chi connectivity index (χ2v) is 5.58. The summed E-state index contributed by atoms with van der Waals surface area (Å²) in [4.78, 5) is 4.40. The van der Waals surface area contributed by atoms with E-state index in [1.807, 2.05) is 31.3 Å². The number of aryl methyl sites for hydroxylation is 1.